The highest BCUT2D eigenvalue weighted by atomic mass is 19.1. The molecule has 0 atom stereocenters. The van der Waals surface area contributed by atoms with Crippen LogP contribution in [0.25, 0.3) is 0 Å². The largest absolute Gasteiger partial charge is 0.488 e. The minimum atomic E-state index is -0.371. The Morgan fingerprint density at radius 1 is 1.69 bits per heavy atom. The summed E-state index contributed by atoms with van der Waals surface area (Å²) in [4.78, 5) is 3.84. The lowest BCUT2D eigenvalue weighted by molar-refractivity contribution is 0.357. The summed E-state index contributed by atoms with van der Waals surface area (Å²) in [5.74, 6) is 0.243. The Morgan fingerprint density at radius 3 is 3.15 bits per heavy atom. The Morgan fingerprint density at radius 2 is 2.54 bits per heavy atom. The maximum Gasteiger partial charge on any atom is 0.138 e. The second-order valence-electron chi connectivity index (χ2n) is 2.35. The molecule has 0 radical (unpaired) electrons. The van der Waals surface area contributed by atoms with E-state index in [1.807, 2.05) is 0 Å². The van der Waals surface area contributed by atoms with Crippen molar-refractivity contribution in [2.75, 3.05) is 13.2 Å². The summed E-state index contributed by atoms with van der Waals surface area (Å²) in [7, 11) is 0. The summed E-state index contributed by atoms with van der Waals surface area (Å²) < 4.78 is 17.6. The Kier molecular flexibility index (Phi) is 3.92. The third kappa shape index (κ3) is 3.66. The molecular weight excluding hydrogens is 171 g/mol. The van der Waals surface area contributed by atoms with E-state index in [9.17, 15) is 4.39 Å². The van der Waals surface area contributed by atoms with Gasteiger partial charge in [0.05, 0.1) is 6.20 Å². The zero-order chi connectivity index (χ0) is 9.52. The van der Waals surface area contributed by atoms with Crippen LogP contribution in [0.5, 0.6) is 5.75 Å². The van der Waals surface area contributed by atoms with E-state index in [0.29, 0.717) is 5.75 Å². The fourth-order valence-electron chi connectivity index (χ4n) is 0.744. The van der Waals surface area contributed by atoms with Gasteiger partial charge in [-0.2, -0.15) is 0 Å². The van der Waals surface area contributed by atoms with Gasteiger partial charge in [-0.05, 0) is 18.2 Å². The van der Waals surface area contributed by atoms with Crippen molar-refractivity contribution in [2.45, 2.75) is 0 Å². The van der Waals surface area contributed by atoms with Crippen molar-refractivity contribution in [3.8, 4) is 5.75 Å². The predicted octanol–water partition coefficient (Wildman–Crippen LogP) is 1.27. The van der Waals surface area contributed by atoms with Gasteiger partial charge in [0, 0.05) is 12.7 Å². The van der Waals surface area contributed by atoms with Crippen molar-refractivity contribution in [1.29, 1.82) is 0 Å². The molecule has 0 aromatic carbocycles. The fourth-order valence-corrected chi connectivity index (χ4v) is 0.744. The second kappa shape index (κ2) is 5.27. The van der Waals surface area contributed by atoms with Gasteiger partial charge in [-0.15, -0.1) is 0 Å². The minimum absolute atomic E-state index is 0.0869. The van der Waals surface area contributed by atoms with Gasteiger partial charge in [-0.3, -0.25) is 4.98 Å². The fraction of sp³-hybridized carbons (Fsp3) is 0.222. The molecule has 0 saturated carbocycles. The first kappa shape index (κ1) is 9.67. The molecule has 70 valence electrons. The number of pyridine rings is 1. The highest BCUT2D eigenvalue weighted by Crippen LogP contribution is 2.06. The SMILES string of the molecule is NC/C(F)=C\COc1cccnc1. The molecule has 0 amide bonds. The van der Waals surface area contributed by atoms with E-state index in [-0.39, 0.29) is 19.0 Å². The van der Waals surface area contributed by atoms with Crippen LogP contribution in [-0.4, -0.2) is 18.1 Å². The predicted molar refractivity (Wildman–Crippen MR) is 48.0 cm³/mol. The molecule has 0 spiro atoms. The van der Waals surface area contributed by atoms with E-state index in [2.05, 4.69) is 4.98 Å². The lowest BCUT2D eigenvalue weighted by Gasteiger charge is -2.00. The van der Waals surface area contributed by atoms with E-state index in [1.165, 1.54) is 6.08 Å². The van der Waals surface area contributed by atoms with Crippen molar-refractivity contribution >= 4 is 0 Å². The van der Waals surface area contributed by atoms with Crippen LogP contribution in [0.3, 0.4) is 0 Å². The normalized spacial score (nSPS) is 11.4. The highest BCUT2D eigenvalue weighted by molar-refractivity contribution is 5.15. The number of hydrogen-bond donors (Lipinski definition) is 1. The van der Waals surface area contributed by atoms with E-state index < -0.39 is 0 Å². The Hall–Kier alpha value is -1.42. The molecule has 3 nitrogen and oxygen atoms in total. The highest BCUT2D eigenvalue weighted by Gasteiger charge is 1.91. The van der Waals surface area contributed by atoms with Gasteiger partial charge in [0.1, 0.15) is 18.2 Å². The van der Waals surface area contributed by atoms with Crippen LogP contribution in [0, 0.1) is 0 Å². The van der Waals surface area contributed by atoms with E-state index in [4.69, 9.17) is 10.5 Å². The molecule has 0 aliphatic rings. The van der Waals surface area contributed by atoms with E-state index >= 15 is 0 Å². The molecule has 0 fully saturated rings. The van der Waals surface area contributed by atoms with Crippen LogP contribution in [0.2, 0.25) is 0 Å². The standard InChI is InChI=1S/C9H11FN2O/c10-8(6-11)3-5-13-9-2-1-4-12-7-9/h1-4,7H,5-6,11H2/b8-3+. The van der Waals surface area contributed by atoms with Crippen LogP contribution in [0.1, 0.15) is 0 Å². The molecule has 2 N–H and O–H groups in total. The van der Waals surface area contributed by atoms with E-state index in [1.54, 1.807) is 24.5 Å². The summed E-state index contributed by atoms with van der Waals surface area (Å²) in [5, 5.41) is 0. The Balaban J connectivity index is 2.36. The number of nitrogens with two attached hydrogens (primary N) is 1. The van der Waals surface area contributed by atoms with Crippen LogP contribution < -0.4 is 10.5 Å². The third-order valence-corrected chi connectivity index (χ3v) is 1.38. The van der Waals surface area contributed by atoms with Crippen LogP contribution in [0.15, 0.2) is 36.4 Å². The van der Waals surface area contributed by atoms with Gasteiger partial charge in [-0.1, -0.05) is 0 Å². The summed E-state index contributed by atoms with van der Waals surface area (Å²) in [6, 6.07) is 3.50. The first-order chi connectivity index (χ1) is 6.33. The maximum atomic E-state index is 12.5. The first-order valence-corrected chi connectivity index (χ1v) is 3.90. The molecule has 1 aromatic rings. The summed E-state index contributed by atoms with van der Waals surface area (Å²) >= 11 is 0. The molecule has 4 heteroatoms. The number of hydrogen-bond acceptors (Lipinski definition) is 3. The molecule has 0 saturated heterocycles. The zero-order valence-electron chi connectivity index (χ0n) is 7.11. The molecule has 13 heavy (non-hydrogen) atoms. The van der Waals surface area contributed by atoms with Crippen molar-refractivity contribution < 1.29 is 9.13 Å². The average Bonchev–Trinajstić information content (AvgIpc) is 2.19. The van der Waals surface area contributed by atoms with Crippen molar-refractivity contribution in [3.63, 3.8) is 0 Å². The number of rotatable bonds is 4. The number of aromatic nitrogens is 1. The van der Waals surface area contributed by atoms with Gasteiger partial charge in [0.15, 0.2) is 0 Å². The van der Waals surface area contributed by atoms with Gasteiger partial charge in [0.25, 0.3) is 0 Å². The van der Waals surface area contributed by atoms with Crippen molar-refractivity contribution in [2.24, 2.45) is 5.73 Å². The van der Waals surface area contributed by atoms with E-state index in [0.717, 1.165) is 0 Å². The summed E-state index contributed by atoms with van der Waals surface area (Å²) in [5.41, 5.74) is 5.04. The number of halogens is 1. The second-order valence-corrected chi connectivity index (χ2v) is 2.35. The third-order valence-electron chi connectivity index (χ3n) is 1.38. The minimum Gasteiger partial charge on any atom is -0.488 e. The quantitative estimate of drug-likeness (QED) is 0.762. The number of nitrogens with zero attached hydrogens (tertiary/aromatic N) is 1. The summed E-state index contributed by atoms with van der Waals surface area (Å²) in [6.45, 7) is 0.0884. The smallest absolute Gasteiger partial charge is 0.138 e. The molecule has 1 aromatic heterocycles. The molecule has 0 aliphatic heterocycles. The van der Waals surface area contributed by atoms with Gasteiger partial charge in [0.2, 0.25) is 0 Å². The molecule has 0 bridgehead atoms. The molecule has 1 rings (SSSR count). The van der Waals surface area contributed by atoms with Crippen LogP contribution >= 0.6 is 0 Å². The van der Waals surface area contributed by atoms with Gasteiger partial charge in [-0.25, -0.2) is 4.39 Å². The first-order valence-electron chi connectivity index (χ1n) is 3.90. The van der Waals surface area contributed by atoms with Gasteiger partial charge < -0.3 is 10.5 Å². The molecule has 1 heterocycles. The average molecular weight is 182 g/mol. The zero-order valence-corrected chi connectivity index (χ0v) is 7.11. The van der Waals surface area contributed by atoms with Crippen molar-refractivity contribution in [3.05, 3.63) is 36.4 Å². The van der Waals surface area contributed by atoms with Crippen LogP contribution in [0.4, 0.5) is 4.39 Å². The van der Waals surface area contributed by atoms with Gasteiger partial charge >= 0.3 is 0 Å². The monoisotopic (exact) mass is 182 g/mol. The van der Waals surface area contributed by atoms with Crippen molar-refractivity contribution in [1.82, 2.24) is 4.98 Å². The lowest BCUT2D eigenvalue weighted by Crippen LogP contribution is -2.01. The Bertz CT molecular complexity index is 274. The number of ether oxygens (including phenoxy) is 1. The topological polar surface area (TPSA) is 48.1 Å². The van der Waals surface area contributed by atoms with Crippen LogP contribution in [-0.2, 0) is 0 Å². The Labute approximate surface area is 76.0 Å². The lowest BCUT2D eigenvalue weighted by atomic mass is 10.4. The maximum absolute atomic E-state index is 12.5. The summed E-state index contributed by atoms with van der Waals surface area (Å²) in [6.07, 6.45) is 4.50. The molecule has 0 unspecified atom stereocenters. The molecule has 0 aliphatic carbocycles. The molecular formula is C9H11FN2O.